The van der Waals surface area contributed by atoms with Crippen LogP contribution in [0.5, 0.6) is 0 Å². The molecule has 0 amide bonds. The second-order valence-electron chi connectivity index (χ2n) is 22.4. The van der Waals surface area contributed by atoms with Crippen LogP contribution >= 0.6 is 7.92 Å². The van der Waals surface area contributed by atoms with E-state index in [0.29, 0.717) is 0 Å². The molecular weight excluding hydrogens is 1560 g/mol. The molecule has 1 aliphatic rings. The van der Waals surface area contributed by atoms with Gasteiger partial charge in [-0.3, -0.25) is 4.98 Å². The van der Waals surface area contributed by atoms with Gasteiger partial charge in [0, 0.05) is 37.3 Å². The van der Waals surface area contributed by atoms with Gasteiger partial charge in [-0.2, -0.15) is 127 Å². The first-order chi connectivity index (χ1) is 45.7. The number of nitrogens with zero attached hydrogens (tertiary/aromatic N) is 1. The van der Waals surface area contributed by atoms with Crippen LogP contribution < -0.4 is 37.8 Å². The maximum absolute atomic E-state index is 14.2. The molecule has 1 fully saturated rings. The summed E-state index contributed by atoms with van der Waals surface area (Å²) in [5.74, 6) is 0. The van der Waals surface area contributed by atoms with Crippen LogP contribution in [0.25, 0.3) is 32.8 Å². The summed E-state index contributed by atoms with van der Waals surface area (Å²) in [5, 5.41) is 8.91. The minimum absolute atomic E-state index is 0. The molecule has 1 nitrogen and oxygen atoms in total. The van der Waals surface area contributed by atoms with Crippen LogP contribution in [0.2, 0.25) is 0 Å². The molecule has 0 bridgehead atoms. The zero-order chi connectivity index (χ0) is 71.6. The zero-order valence-corrected chi connectivity index (χ0v) is 53.4. The van der Waals surface area contributed by atoms with Gasteiger partial charge in [-0.15, -0.1) is 0 Å². The summed E-state index contributed by atoms with van der Waals surface area (Å²) >= 11 is 0. The van der Waals surface area contributed by atoms with Crippen LogP contribution in [0.3, 0.4) is 0 Å². The average Bonchev–Trinajstić information content (AvgIpc) is 0.700. The Morgan fingerprint density at radius 1 is 0.283 bits per heavy atom. The predicted octanol–water partition coefficient (Wildman–Crippen LogP) is 20.4. The van der Waals surface area contributed by atoms with Crippen molar-refractivity contribution in [2.75, 3.05) is 0 Å². The summed E-state index contributed by atoms with van der Waals surface area (Å²) in [6, 6.07) is 36.9. The number of pyridine rings is 1. The number of alkyl halides is 24. The molecule has 28 heteroatoms. The molecule has 1 aromatic heterocycles. The summed E-state index contributed by atoms with van der Waals surface area (Å²) in [6.07, 6.45) is -38.9. The molecule has 1 saturated carbocycles. The predicted molar refractivity (Wildman–Crippen MR) is 329 cm³/mol. The average molecular weight is 1600 g/mol. The summed E-state index contributed by atoms with van der Waals surface area (Å²) < 4.78 is 341. The van der Waals surface area contributed by atoms with Crippen molar-refractivity contribution in [3.8, 4) is 11.3 Å². The molecule has 1 aliphatic carbocycles. The number of hydrogen-bond acceptors (Lipinski definition) is 1. The third-order valence-electron chi connectivity index (χ3n) is 15.9. The van der Waals surface area contributed by atoms with Gasteiger partial charge in [0.15, 0.2) is 0 Å². The maximum atomic E-state index is 14.2. The Kier molecular flexibility index (Phi) is 23.1. The van der Waals surface area contributed by atoms with E-state index in [2.05, 4.69) is 153 Å². The van der Waals surface area contributed by atoms with E-state index in [-0.39, 0.29) is 20.1 Å². The summed E-state index contributed by atoms with van der Waals surface area (Å²) in [7, 11) is -0.759. The monoisotopic (exact) mass is 1600 g/mol. The van der Waals surface area contributed by atoms with E-state index in [4.69, 9.17) is 4.98 Å². The molecule has 0 N–H and O–H groups in total. The maximum Gasteiger partial charge on any atom is 0.416 e. The number of hydrogen-bond donors (Lipinski definition) is 0. The number of benzene rings is 9. The molecular formula is C71H46BF24IrNP-. The van der Waals surface area contributed by atoms with Crippen molar-refractivity contribution < 1.29 is 125 Å². The normalized spacial score (nSPS) is 13.9. The van der Waals surface area contributed by atoms with E-state index in [1.165, 1.54) is 68.7 Å². The van der Waals surface area contributed by atoms with Gasteiger partial charge in [-0.05, 0) is 122 Å². The van der Waals surface area contributed by atoms with Crippen LogP contribution in [-0.4, -0.2) is 11.1 Å². The number of rotatable bonds is 8. The second-order valence-corrected chi connectivity index (χ2v) is 24.6. The molecule has 11 rings (SSSR count). The van der Waals surface area contributed by atoms with Gasteiger partial charge in [0.05, 0.1) is 50.2 Å². The minimum Gasteiger partial charge on any atom is -0.256 e. The van der Waals surface area contributed by atoms with E-state index in [0.717, 1.165) is 5.69 Å². The van der Waals surface area contributed by atoms with E-state index >= 15 is 0 Å². The molecule has 0 spiro atoms. The molecule has 0 saturated heterocycles. The fourth-order valence-corrected chi connectivity index (χ4v) is 14.0. The summed E-state index contributed by atoms with van der Waals surface area (Å²) in [6.45, 7) is 0. The van der Waals surface area contributed by atoms with Gasteiger partial charge in [-0.1, -0.05) is 170 Å². The number of aromatic nitrogens is 1. The second kappa shape index (κ2) is 29.7. The Hall–Kier alpha value is -7.89. The molecule has 1 heterocycles. The third kappa shape index (κ3) is 18.0. The fraction of sp³-hybridized carbons (Fsp3) is 0.169. The van der Waals surface area contributed by atoms with Crippen LogP contribution in [-0.2, 0) is 69.5 Å². The topological polar surface area (TPSA) is 12.9 Å². The first kappa shape index (κ1) is 76.9. The molecule has 10 aromatic rings. The molecule has 0 atom stereocenters. The molecule has 0 aliphatic heterocycles. The van der Waals surface area contributed by atoms with Crippen molar-refractivity contribution in [3.63, 3.8) is 0 Å². The third-order valence-corrected chi connectivity index (χ3v) is 18.3. The van der Waals surface area contributed by atoms with E-state index < -0.39 is 203 Å². The SMILES string of the molecule is FC(F)(F)c1cc([B-](c2cc(C(F)(F)F)cc(C(F)(F)F)c2)(c2cc(C(F)(F)F)cc(C(F)(F)F)c2)c2cc(C(F)(F)F)cc(C(F)(F)F)c2)cc(C(F)(F)F)c1.[CH]1[CH]CC[CH][CH]CC1.[Ir].c1ccc(P(c2ccccc2)c2ccc3ccccc3c2-c2nccc3ccccc23)cc1. The van der Waals surface area contributed by atoms with E-state index in [9.17, 15) is 105 Å². The van der Waals surface area contributed by atoms with Crippen LogP contribution in [0.15, 0.2) is 206 Å². The van der Waals surface area contributed by atoms with Crippen LogP contribution in [0.1, 0.15) is 70.2 Å². The van der Waals surface area contributed by atoms with Crippen LogP contribution in [0, 0.1) is 25.7 Å². The number of halogens is 24. The Morgan fingerprint density at radius 3 is 0.838 bits per heavy atom. The van der Waals surface area contributed by atoms with Crippen molar-refractivity contribution in [1.82, 2.24) is 4.98 Å². The minimum atomic E-state index is -6.13. The Labute approximate surface area is 564 Å². The van der Waals surface area contributed by atoms with Gasteiger partial charge < -0.3 is 0 Å². The Balaban J connectivity index is 0.000000246. The van der Waals surface area contributed by atoms with Gasteiger partial charge >= 0.3 is 49.4 Å². The van der Waals surface area contributed by atoms with Crippen molar-refractivity contribution in [2.24, 2.45) is 0 Å². The smallest absolute Gasteiger partial charge is 0.256 e. The van der Waals surface area contributed by atoms with Crippen molar-refractivity contribution >= 4 is 73.4 Å². The van der Waals surface area contributed by atoms with Gasteiger partial charge in [0.1, 0.15) is 6.15 Å². The van der Waals surface area contributed by atoms with E-state index in [1.54, 1.807) is 0 Å². The number of fused-ring (bicyclic) bond motifs is 2. The Bertz CT molecular complexity index is 3920. The molecule has 521 valence electrons. The first-order valence-corrected chi connectivity index (χ1v) is 30.4. The largest absolute Gasteiger partial charge is 0.416 e. The van der Waals surface area contributed by atoms with Crippen molar-refractivity contribution in [3.05, 3.63) is 277 Å². The molecule has 99 heavy (non-hydrogen) atoms. The summed E-state index contributed by atoms with van der Waals surface area (Å²) in [5.41, 5.74) is -27.9. The van der Waals surface area contributed by atoms with Gasteiger partial charge in [0.2, 0.25) is 0 Å². The Morgan fingerprint density at radius 2 is 0.545 bits per heavy atom. The van der Waals surface area contributed by atoms with E-state index in [1.807, 2.05) is 6.20 Å². The quantitative estimate of drug-likeness (QED) is 0.0839. The fourth-order valence-electron chi connectivity index (χ4n) is 11.5. The zero-order valence-electron chi connectivity index (χ0n) is 50.1. The summed E-state index contributed by atoms with van der Waals surface area (Å²) in [4.78, 5) is 4.97. The molecule has 5 radical (unpaired) electrons. The van der Waals surface area contributed by atoms with Crippen molar-refractivity contribution in [1.29, 1.82) is 0 Å². The van der Waals surface area contributed by atoms with Crippen molar-refractivity contribution in [2.45, 2.75) is 75.1 Å². The van der Waals surface area contributed by atoms with Crippen LogP contribution in [0.4, 0.5) is 105 Å². The molecule has 0 unspecified atom stereocenters. The van der Waals surface area contributed by atoms with Gasteiger partial charge in [0.25, 0.3) is 0 Å². The standard InChI is InChI=1S/C32H12BF24.C31H22NP.C8H12.Ir/c34-25(35,36)13-1-14(26(37,38)39)6-21(5-13)33(22-7-15(27(40,41)42)2-16(8-22)28(43,44)45,23-9-17(29(46,47)48)3-18(10-23)30(49,50)51)24-11-19(31(52,53)54)4-20(12-24)32(55,56)57;1-3-13-25(14-4-1)33(26-15-5-2-6-16-26)29-20-19-23-11-7-9-17-27(23)30(29)31-28-18-10-8-12-24(28)21-22-32-31;1-2-4-6-8-7-5-3-1;/h1-12H;1-22H;1-2,7-8H,3-6H2;/q-1;;;. The molecule has 9 aromatic carbocycles. The first-order valence-electron chi connectivity index (χ1n) is 29.1. The van der Waals surface area contributed by atoms with Gasteiger partial charge in [-0.25, -0.2) is 0 Å².